The molecule has 0 radical (unpaired) electrons. The van der Waals surface area contributed by atoms with Crippen LogP contribution < -0.4 is 0 Å². The summed E-state index contributed by atoms with van der Waals surface area (Å²) in [6.07, 6.45) is 9.59. The molecule has 1 fully saturated rings. The van der Waals surface area contributed by atoms with Gasteiger partial charge in [-0.3, -0.25) is 4.98 Å². The molecule has 0 aliphatic heterocycles. The van der Waals surface area contributed by atoms with E-state index in [2.05, 4.69) is 26.8 Å². The molecule has 1 heteroatoms. The van der Waals surface area contributed by atoms with Gasteiger partial charge in [0.2, 0.25) is 0 Å². The largest absolute Gasteiger partial charge is 0.258 e. The van der Waals surface area contributed by atoms with E-state index in [1.165, 1.54) is 56.3 Å². The molecule has 104 valence electrons. The highest BCUT2D eigenvalue weighted by Crippen LogP contribution is 2.41. The van der Waals surface area contributed by atoms with Crippen molar-refractivity contribution in [3.63, 3.8) is 0 Å². The Morgan fingerprint density at radius 3 is 2.63 bits per heavy atom. The van der Waals surface area contributed by atoms with Gasteiger partial charge in [-0.2, -0.15) is 0 Å². The van der Waals surface area contributed by atoms with Gasteiger partial charge in [0.1, 0.15) is 0 Å². The summed E-state index contributed by atoms with van der Waals surface area (Å²) in [6, 6.07) is 2.35. The summed E-state index contributed by atoms with van der Waals surface area (Å²) in [5.41, 5.74) is 5.87. The number of hydrogen-bond acceptors (Lipinski definition) is 1. The predicted octanol–water partition coefficient (Wildman–Crippen LogP) is 4.49. The predicted molar refractivity (Wildman–Crippen MR) is 80.4 cm³/mol. The maximum Gasteiger partial charge on any atom is 0.0441 e. The van der Waals surface area contributed by atoms with Gasteiger partial charge in [0, 0.05) is 11.4 Å². The molecule has 2 aliphatic rings. The van der Waals surface area contributed by atoms with Crippen LogP contribution in [0.3, 0.4) is 0 Å². The van der Waals surface area contributed by atoms with Crippen LogP contribution in [0.15, 0.2) is 6.07 Å². The molecule has 0 amide bonds. The van der Waals surface area contributed by atoms with E-state index in [4.69, 9.17) is 4.98 Å². The minimum absolute atomic E-state index is 0.745. The lowest BCUT2D eigenvalue weighted by atomic mass is 9.69. The Kier molecular flexibility index (Phi) is 3.64. The highest BCUT2D eigenvalue weighted by molar-refractivity contribution is 5.35. The number of rotatable bonds is 3. The summed E-state index contributed by atoms with van der Waals surface area (Å²) in [5, 5.41) is 0. The van der Waals surface area contributed by atoms with E-state index in [1.54, 1.807) is 11.1 Å². The molecule has 19 heavy (non-hydrogen) atoms. The van der Waals surface area contributed by atoms with Gasteiger partial charge in [-0.15, -0.1) is 0 Å². The molecular weight excluding hydrogens is 230 g/mol. The van der Waals surface area contributed by atoms with E-state index < -0.39 is 0 Å². The number of aromatic nitrogens is 1. The second-order valence-corrected chi connectivity index (χ2v) is 7.14. The minimum Gasteiger partial charge on any atom is -0.258 e. The average molecular weight is 257 g/mol. The Balaban J connectivity index is 1.87. The average Bonchev–Trinajstić information content (AvgIpc) is 2.26. The molecule has 1 atom stereocenters. The monoisotopic (exact) mass is 257 g/mol. The fraction of sp³-hybridized carbons (Fsp3) is 0.722. The van der Waals surface area contributed by atoms with Crippen LogP contribution >= 0.6 is 0 Å². The van der Waals surface area contributed by atoms with E-state index in [0.29, 0.717) is 0 Å². The first kappa shape index (κ1) is 13.1. The van der Waals surface area contributed by atoms with Crippen LogP contribution in [0.1, 0.15) is 62.0 Å². The maximum absolute atomic E-state index is 4.82. The van der Waals surface area contributed by atoms with Crippen LogP contribution in [0.5, 0.6) is 0 Å². The maximum atomic E-state index is 4.82. The Bertz CT molecular complexity index is 457. The SMILES string of the molecule is Cc1cc(CC(C)C)c2c(n1)CCC(C1CCC1)C2. The van der Waals surface area contributed by atoms with Crippen molar-refractivity contribution in [2.75, 3.05) is 0 Å². The quantitative estimate of drug-likeness (QED) is 0.777. The fourth-order valence-electron chi connectivity index (χ4n) is 3.91. The van der Waals surface area contributed by atoms with Crippen molar-refractivity contribution in [3.05, 3.63) is 28.6 Å². The van der Waals surface area contributed by atoms with Crippen LogP contribution in [0, 0.1) is 24.7 Å². The zero-order valence-electron chi connectivity index (χ0n) is 12.7. The highest BCUT2D eigenvalue weighted by atomic mass is 14.7. The smallest absolute Gasteiger partial charge is 0.0441 e. The van der Waals surface area contributed by atoms with Crippen LogP contribution in [0.2, 0.25) is 0 Å². The Labute approximate surface area is 117 Å². The number of aryl methyl sites for hydroxylation is 2. The lowest BCUT2D eigenvalue weighted by Gasteiger charge is -2.37. The molecule has 0 spiro atoms. The third kappa shape index (κ3) is 2.70. The van der Waals surface area contributed by atoms with Gasteiger partial charge < -0.3 is 0 Å². The van der Waals surface area contributed by atoms with Gasteiger partial charge in [-0.05, 0) is 67.6 Å². The van der Waals surface area contributed by atoms with Gasteiger partial charge in [0.05, 0.1) is 0 Å². The summed E-state index contributed by atoms with van der Waals surface area (Å²) in [6.45, 7) is 6.81. The van der Waals surface area contributed by atoms with Crippen molar-refractivity contribution < 1.29 is 0 Å². The summed E-state index contributed by atoms with van der Waals surface area (Å²) < 4.78 is 0. The third-order valence-corrected chi connectivity index (χ3v) is 5.09. The number of pyridine rings is 1. The molecule has 1 aromatic heterocycles. The molecule has 3 rings (SSSR count). The lowest BCUT2D eigenvalue weighted by Crippen LogP contribution is -2.28. The first-order chi connectivity index (χ1) is 9.13. The summed E-state index contributed by atoms with van der Waals surface area (Å²) >= 11 is 0. The molecule has 1 unspecified atom stereocenters. The fourth-order valence-corrected chi connectivity index (χ4v) is 3.91. The van der Waals surface area contributed by atoms with E-state index in [0.717, 1.165) is 17.8 Å². The van der Waals surface area contributed by atoms with Crippen molar-refractivity contribution in [1.82, 2.24) is 4.98 Å². The van der Waals surface area contributed by atoms with E-state index >= 15 is 0 Å². The van der Waals surface area contributed by atoms with E-state index in [-0.39, 0.29) is 0 Å². The molecule has 0 N–H and O–H groups in total. The van der Waals surface area contributed by atoms with Crippen molar-refractivity contribution in [2.24, 2.45) is 17.8 Å². The molecule has 1 heterocycles. The molecule has 0 bridgehead atoms. The molecule has 0 saturated heterocycles. The highest BCUT2D eigenvalue weighted by Gasteiger charge is 2.31. The van der Waals surface area contributed by atoms with Crippen LogP contribution in [0.25, 0.3) is 0 Å². The van der Waals surface area contributed by atoms with Crippen LogP contribution in [-0.4, -0.2) is 4.98 Å². The topological polar surface area (TPSA) is 12.9 Å². The van der Waals surface area contributed by atoms with Gasteiger partial charge in [-0.25, -0.2) is 0 Å². The second-order valence-electron chi connectivity index (χ2n) is 7.14. The Morgan fingerprint density at radius 2 is 2.00 bits per heavy atom. The zero-order chi connectivity index (χ0) is 13.4. The summed E-state index contributed by atoms with van der Waals surface area (Å²) in [7, 11) is 0. The summed E-state index contributed by atoms with van der Waals surface area (Å²) in [4.78, 5) is 4.82. The van der Waals surface area contributed by atoms with Crippen molar-refractivity contribution in [1.29, 1.82) is 0 Å². The standard InChI is InChI=1S/C18H27N/c1-12(2)9-16-10-13(3)19-18-8-7-15(11-17(16)18)14-5-4-6-14/h10,12,14-15H,4-9,11H2,1-3H3. The molecule has 1 saturated carbocycles. The molecule has 1 nitrogen and oxygen atoms in total. The summed E-state index contributed by atoms with van der Waals surface area (Å²) in [5.74, 6) is 2.73. The van der Waals surface area contributed by atoms with Crippen LogP contribution in [-0.2, 0) is 19.3 Å². The van der Waals surface area contributed by atoms with Crippen molar-refractivity contribution in [2.45, 2.75) is 65.7 Å². The van der Waals surface area contributed by atoms with Gasteiger partial charge in [0.15, 0.2) is 0 Å². The van der Waals surface area contributed by atoms with Gasteiger partial charge >= 0.3 is 0 Å². The molecule has 0 aromatic carbocycles. The first-order valence-electron chi connectivity index (χ1n) is 8.11. The Morgan fingerprint density at radius 1 is 1.21 bits per heavy atom. The van der Waals surface area contributed by atoms with Crippen molar-refractivity contribution in [3.8, 4) is 0 Å². The van der Waals surface area contributed by atoms with E-state index in [1.807, 2.05) is 0 Å². The zero-order valence-corrected chi connectivity index (χ0v) is 12.7. The number of hydrogen-bond donors (Lipinski definition) is 0. The second kappa shape index (κ2) is 5.26. The lowest BCUT2D eigenvalue weighted by molar-refractivity contribution is 0.187. The number of fused-ring (bicyclic) bond motifs is 1. The minimum atomic E-state index is 0.745. The Hall–Kier alpha value is -0.850. The molecule has 1 aromatic rings. The third-order valence-electron chi connectivity index (χ3n) is 5.09. The van der Waals surface area contributed by atoms with Gasteiger partial charge in [-0.1, -0.05) is 33.1 Å². The molecule has 2 aliphatic carbocycles. The van der Waals surface area contributed by atoms with Crippen molar-refractivity contribution >= 4 is 0 Å². The van der Waals surface area contributed by atoms with Crippen LogP contribution in [0.4, 0.5) is 0 Å². The number of nitrogens with zero attached hydrogens (tertiary/aromatic N) is 1. The first-order valence-corrected chi connectivity index (χ1v) is 8.11. The molecular formula is C18H27N. The van der Waals surface area contributed by atoms with E-state index in [9.17, 15) is 0 Å². The normalized spacial score (nSPS) is 23.3. The van der Waals surface area contributed by atoms with Gasteiger partial charge in [0.25, 0.3) is 0 Å².